The van der Waals surface area contributed by atoms with Gasteiger partial charge in [-0.1, -0.05) is 13.8 Å². The number of thioether (sulfide) groups is 1. The first-order valence-corrected chi connectivity index (χ1v) is 7.38. The number of nitrogens with zero attached hydrogens (tertiary/aromatic N) is 3. The van der Waals surface area contributed by atoms with Crippen LogP contribution < -0.4 is 9.64 Å². The van der Waals surface area contributed by atoms with Gasteiger partial charge in [-0.3, -0.25) is 4.98 Å². The molecule has 0 radical (unpaired) electrons. The maximum atomic E-state index is 5.59. The lowest BCUT2D eigenvalue weighted by atomic mass is 10.3. The van der Waals surface area contributed by atoms with Crippen LogP contribution >= 0.6 is 11.8 Å². The van der Waals surface area contributed by atoms with Gasteiger partial charge >= 0.3 is 0 Å². The lowest BCUT2D eigenvalue weighted by Gasteiger charge is -2.35. The fourth-order valence-electron chi connectivity index (χ4n) is 2.15. The zero-order valence-electron chi connectivity index (χ0n) is 11.5. The fraction of sp³-hybridized carbons (Fsp3) is 0.692. The minimum absolute atomic E-state index is 0.129. The molecule has 2 rings (SSSR count). The van der Waals surface area contributed by atoms with E-state index >= 15 is 0 Å². The zero-order valence-corrected chi connectivity index (χ0v) is 12.3. The average molecular weight is 267 g/mol. The van der Waals surface area contributed by atoms with Gasteiger partial charge in [-0.05, 0) is 13.8 Å². The average Bonchev–Trinajstić information content (AvgIpc) is 2.27. The van der Waals surface area contributed by atoms with Crippen LogP contribution in [0.15, 0.2) is 12.4 Å². The van der Waals surface area contributed by atoms with Gasteiger partial charge in [0.2, 0.25) is 5.88 Å². The van der Waals surface area contributed by atoms with Crippen LogP contribution in [0.5, 0.6) is 5.88 Å². The van der Waals surface area contributed by atoms with Gasteiger partial charge in [-0.2, -0.15) is 16.7 Å². The molecule has 1 aromatic heterocycles. The van der Waals surface area contributed by atoms with Crippen LogP contribution in [0.3, 0.4) is 0 Å². The first-order valence-electron chi connectivity index (χ1n) is 6.43. The molecule has 1 saturated heterocycles. The summed E-state index contributed by atoms with van der Waals surface area (Å²) in [5.74, 6) is 1.54. The van der Waals surface area contributed by atoms with E-state index in [0.29, 0.717) is 16.4 Å². The predicted octanol–water partition coefficient (Wildman–Crippen LogP) is 2.59. The van der Waals surface area contributed by atoms with Gasteiger partial charge in [-0.15, -0.1) is 0 Å². The Morgan fingerprint density at radius 2 is 1.94 bits per heavy atom. The highest BCUT2D eigenvalue weighted by molar-refractivity contribution is 8.00. The van der Waals surface area contributed by atoms with Crippen molar-refractivity contribution in [2.75, 3.05) is 18.0 Å². The van der Waals surface area contributed by atoms with Gasteiger partial charge in [0.05, 0.1) is 18.5 Å². The molecule has 0 aromatic carbocycles. The highest BCUT2D eigenvalue weighted by atomic mass is 32.2. The van der Waals surface area contributed by atoms with Crippen molar-refractivity contribution in [3.63, 3.8) is 0 Å². The summed E-state index contributed by atoms with van der Waals surface area (Å²) in [7, 11) is 0. The molecule has 18 heavy (non-hydrogen) atoms. The largest absolute Gasteiger partial charge is 0.474 e. The number of anilines is 1. The fourth-order valence-corrected chi connectivity index (χ4v) is 3.48. The Morgan fingerprint density at radius 3 is 2.56 bits per heavy atom. The number of rotatable bonds is 3. The third-order valence-electron chi connectivity index (χ3n) is 2.70. The van der Waals surface area contributed by atoms with Gasteiger partial charge < -0.3 is 9.64 Å². The molecule has 0 amide bonds. The summed E-state index contributed by atoms with van der Waals surface area (Å²) in [5.41, 5.74) is 0. The zero-order chi connectivity index (χ0) is 13.1. The monoisotopic (exact) mass is 267 g/mol. The van der Waals surface area contributed by atoms with Crippen LogP contribution in [0.2, 0.25) is 0 Å². The Morgan fingerprint density at radius 1 is 1.28 bits per heavy atom. The third kappa shape index (κ3) is 3.51. The van der Waals surface area contributed by atoms with Crippen LogP contribution in [0.25, 0.3) is 0 Å². The third-order valence-corrected chi connectivity index (χ3v) is 3.93. The summed E-state index contributed by atoms with van der Waals surface area (Å²) < 4.78 is 5.59. The quantitative estimate of drug-likeness (QED) is 0.841. The maximum absolute atomic E-state index is 5.59. The van der Waals surface area contributed by atoms with Gasteiger partial charge in [0.25, 0.3) is 0 Å². The molecule has 100 valence electrons. The first-order chi connectivity index (χ1) is 8.54. The molecule has 1 aliphatic rings. The molecule has 4 nitrogen and oxygen atoms in total. The highest BCUT2D eigenvalue weighted by Gasteiger charge is 2.23. The molecule has 5 heteroatoms. The first kappa shape index (κ1) is 13.5. The SMILES string of the molecule is CC(C)Oc1cncc(N2CC(C)SC(C)C2)n1. The molecule has 0 saturated carbocycles. The summed E-state index contributed by atoms with van der Waals surface area (Å²) in [5, 5.41) is 1.26. The Hall–Kier alpha value is -0.970. The molecule has 2 heterocycles. The number of aromatic nitrogens is 2. The molecule has 2 unspecified atom stereocenters. The van der Waals surface area contributed by atoms with E-state index in [1.165, 1.54) is 0 Å². The van der Waals surface area contributed by atoms with E-state index < -0.39 is 0 Å². The lowest BCUT2D eigenvalue weighted by Crippen LogP contribution is -2.40. The van der Waals surface area contributed by atoms with Crippen LogP contribution in [0.4, 0.5) is 5.82 Å². The topological polar surface area (TPSA) is 38.2 Å². The Kier molecular flexibility index (Phi) is 4.32. The van der Waals surface area contributed by atoms with Crippen molar-refractivity contribution in [2.24, 2.45) is 0 Å². The second-order valence-electron chi connectivity index (χ2n) is 5.04. The molecular formula is C13H21N3OS. The van der Waals surface area contributed by atoms with E-state index in [-0.39, 0.29) is 6.10 Å². The molecule has 0 aliphatic carbocycles. The summed E-state index contributed by atoms with van der Waals surface area (Å²) in [6.07, 6.45) is 3.63. The standard InChI is InChI=1S/C13H21N3OS/c1-9(2)17-13-6-14-5-12(15-13)16-7-10(3)18-11(4)8-16/h5-6,9-11H,7-8H2,1-4H3. The Balaban J connectivity index is 2.12. The number of ether oxygens (including phenoxy) is 1. The summed E-state index contributed by atoms with van der Waals surface area (Å²) in [6.45, 7) is 10.6. The van der Waals surface area contributed by atoms with Crippen molar-refractivity contribution in [1.82, 2.24) is 9.97 Å². The molecular weight excluding hydrogens is 246 g/mol. The number of hydrogen-bond acceptors (Lipinski definition) is 5. The van der Waals surface area contributed by atoms with Crippen molar-refractivity contribution < 1.29 is 4.74 Å². The van der Waals surface area contributed by atoms with E-state index in [9.17, 15) is 0 Å². The van der Waals surface area contributed by atoms with E-state index in [4.69, 9.17) is 4.74 Å². The highest BCUT2D eigenvalue weighted by Crippen LogP contribution is 2.27. The van der Waals surface area contributed by atoms with E-state index in [0.717, 1.165) is 18.9 Å². The van der Waals surface area contributed by atoms with Crippen molar-refractivity contribution >= 4 is 17.6 Å². The summed E-state index contributed by atoms with van der Waals surface area (Å²) in [6, 6.07) is 0. The molecule has 0 bridgehead atoms. The predicted molar refractivity (Wildman–Crippen MR) is 76.5 cm³/mol. The lowest BCUT2D eigenvalue weighted by molar-refractivity contribution is 0.231. The van der Waals surface area contributed by atoms with E-state index in [1.54, 1.807) is 6.20 Å². The van der Waals surface area contributed by atoms with Crippen LogP contribution in [0.1, 0.15) is 27.7 Å². The van der Waals surface area contributed by atoms with Crippen molar-refractivity contribution in [3.8, 4) is 5.88 Å². The van der Waals surface area contributed by atoms with Crippen molar-refractivity contribution in [3.05, 3.63) is 12.4 Å². The molecule has 1 aromatic rings. The number of hydrogen-bond donors (Lipinski definition) is 0. The molecule has 1 aliphatic heterocycles. The Bertz CT molecular complexity index is 390. The smallest absolute Gasteiger partial charge is 0.234 e. The second-order valence-corrected chi connectivity index (χ2v) is 6.93. The van der Waals surface area contributed by atoms with Gasteiger partial charge in [0.1, 0.15) is 0 Å². The van der Waals surface area contributed by atoms with E-state index in [2.05, 4.69) is 28.7 Å². The second kappa shape index (κ2) is 5.78. The van der Waals surface area contributed by atoms with Crippen molar-refractivity contribution in [1.29, 1.82) is 0 Å². The van der Waals surface area contributed by atoms with Gasteiger partial charge in [-0.25, -0.2) is 0 Å². The van der Waals surface area contributed by atoms with Gasteiger partial charge in [0.15, 0.2) is 5.82 Å². The minimum Gasteiger partial charge on any atom is -0.474 e. The van der Waals surface area contributed by atoms with Crippen LogP contribution in [-0.2, 0) is 0 Å². The van der Waals surface area contributed by atoms with E-state index in [1.807, 2.05) is 31.8 Å². The van der Waals surface area contributed by atoms with Crippen LogP contribution in [-0.4, -0.2) is 39.7 Å². The molecule has 0 N–H and O–H groups in total. The molecule has 2 atom stereocenters. The maximum Gasteiger partial charge on any atom is 0.234 e. The Labute approximate surface area is 113 Å². The van der Waals surface area contributed by atoms with Crippen molar-refractivity contribution in [2.45, 2.75) is 44.3 Å². The van der Waals surface area contributed by atoms with Gasteiger partial charge in [0, 0.05) is 23.6 Å². The normalized spacial score (nSPS) is 24.4. The summed E-state index contributed by atoms with van der Waals surface area (Å²) >= 11 is 2.03. The van der Waals surface area contributed by atoms with Crippen LogP contribution in [0, 0.1) is 0 Å². The summed E-state index contributed by atoms with van der Waals surface area (Å²) in [4.78, 5) is 11.1. The molecule has 1 fully saturated rings. The molecule has 0 spiro atoms. The minimum atomic E-state index is 0.129.